The van der Waals surface area contributed by atoms with Gasteiger partial charge in [0.05, 0.1) is 5.69 Å². The number of imide groups is 1. The molecular weight excluding hydrogens is 478 g/mol. The number of carbonyl (C=O) groups excluding carboxylic acids is 3. The van der Waals surface area contributed by atoms with Crippen molar-refractivity contribution >= 4 is 55.4 Å². The van der Waals surface area contributed by atoms with Gasteiger partial charge < -0.3 is 10.6 Å². The quantitative estimate of drug-likeness (QED) is 0.643. The van der Waals surface area contributed by atoms with Crippen molar-refractivity contribution in [2.45, 2.75) is 18.4 Å². The van der Waals surface area contributed by atoms with Gasteiger partial charge in [-0.3, -0.25) is 14.5 Å². The van der Waals surface area contributed by atoms with Crippen LogP contribution < -0.4 is 10.6 Å². The highest BCUT2D eigenvalue weighted by atomic mass is 79.9. The molecule has 0 saturated carbocycles. The molecule has 1 fully saturated rings. The number of fused-ring (bicyclic) bond motifs is 2. The van der Waals surface area contributed by atoms with Crippen LogP contribution in [0.5, 0.6) is 0 Å². The standard InChI is InChI=1S/C19H15Br2N3O3/c20-12-5-6-15(14(21)9-12)22-16(25)10-24-17(26)19(23-18(24)27)8-7-11-3-1-2-4-13(11)19/h1-6,9H,7-8,10H2,(H,22,25)(H,23,27)/t19-/m0/s1. The lowest BCUT2D eigenvalue weighted by atomic mass is 9.92. The van der Waals surface area contributed by atoms with E-state index in [2.05, 4.69) is 42.5 Å². The number of nitrogens with one attached hydrogen (secondary N) is 2. The predicted octanol–water partition coefficient (Wildman–Crippen LogP) is 3.54. The van der Waals surface area contributed by atoms with Crippen molar-refractivity contribution in [1.29, 1.82) is 0 Å². The lowest BCUT2D eigenvalue weighted by Gasteiger charge is -2.22. The van der Waals surface area contributed by atoms with Crippen LogP contribution in [0.1, 0.15) is 17.5 Å². The minimum Gasteiger partial charge on any atom is -0.323 e. The van der Waals surface area contributed by atoms with Gasteiger partial charge in [0.15, 0.2) is 0 Å². The van der Waals surface area contributed by atoms with Crippen molar-refractivity contribution in [3.8, 4) is 0 Å². The number of nitrogens with zero attached hydrogens (tertiary/aromatic N) is 1. The highest BCUT2D eigenvalue weighted by molar-refractivity contribution is 9.11. The summed E-state index contributed by atoms with van der Waals surface area (Å²) < 4.78 is 1.56. The van der Waals surface area contributed by atoms with Crippen molar-refractivity contribution < 1.29 is 14.4 Å². The summed E-state index contributed by atoms with van der Waals surface area (Å²) in [4.78, 5) is 38.9. The van der Waals surface area contributed by atoms with Crippen LogP contribution in [0.4, 0.5) is 10.5 Å². The molecule has 138 valence electrons. The fourth-order valence-electron chi connectivity index (χ4n) is 3.66. The zero-order valence-corrected chi connectivity index (χ0v) is 17.3. The molecule has 27 heavy (non-hydrogen) atoms. The average molecular weight is 493 g/mol. The summed E-state index contributed by atoms with van der Waals surface area (Å²) in [6.07, 6.45) is 1.22. The monoisotopic (exact) mass is 491 g/mol. The molecule has 1 aliphatic heterocycles. The normalized spacial score (nSPS) is 20.7. The van der Waals surface area contributed by atoms with Crippen LogP contribution in [-0.4, -0.2) is 29.3 Å². The Morgan fingerprint density at radius 2 is 1.96 bits per heavy atom. The number of aryl methyl sites for hydroxylation is 1. The lowest BCUT2D eigenvalue weighted by molar-refractivity contribution is -0.134. The van der Waals surface area contributed by atoms with Gasteiger partial charge in [-0.05, 0) is 58.1 Å². The van der Waals surface area contributed by atoms with Crippen molar-refractivity contribution in [2.24, 2.45) is 0 Å². The van der Waals surface area contributed by atoms with E-state index < -0.39 is 17.5 Å². The second-order valence-corrected chi connectivity index (χ2v) is 8.33. The molecule has 0 bridgehead atoms. The van der Waals surface area contributed by atoms with Crippen molar-refractivity contribution in [3.05, 3.63) is 62.5 Å². The number of rotatable bonds is 3. The Kier molecular flexibility index (Phi) is 4.55. The van der Waals surface area contributed by atoms with Gasteiger partial charge in [-0.25, -0.2) is 4.79 Å². The van der Waals surface area contributed by atoms with Crippen LogP contribution >= 0.6 is 31.9 Å². The van der Waals surface area contributed by atoms with E-state index in [9.17, 15) is 14.4 Å². The van der Waals surface area contributed by atoms with Gasteiger partial charge in [0.25, 0.3) is 5.91 Å². The molecule has 0 radical (unpaired) electrons. The van der Waals surface area contributed by atoms with E-state index >= 15 is 0 Å². The van der Waals surface area contributed by atoms with Crippen LogP contribution in [0, 0.1) is 0 Å². The first-order valence-electron chi connectivity index (χ1n) is 8.38. The summed E-state index contributed by atoms with van der Waals surface area (Å²) in [5.74, 6) is -0.813. The molecule has 0 aromatic heterocycles. The first-order valence-corrected chi connectivity index (χ1v) is 9.97. The summed E-state index contributed by atoms with van der Waals surface area (Å²) in [5, 5.41) is 5.54. The topological polar surface area (TPSA) is 78.5 Å². The number of benzene rings is 2. The molecule has 0 unspecified atom stereocenters. The Labute approximate surface area is 172 Å². The zero-order valence-electron chi connectivity index (χ0n) is 14.1. The number of carbonyl (C=O) groups is 3. The molecule has 4 rings (SSSR count). The number of hydrogen-bond acceptors (Lipinski definition) is 3. The first-order chi connectivity index (χ1) is 12.9. The van der Waals surface area contributed by atoms with E-state index in [4.69, 9.17) is 0 Å². The van der Waals surface area contributed by atoms with Gasteiger partial charge in [-0.1, -0.05) is 40.2 Å². The largest absolute Gasteiger partial charge is 0.325 e. The van der Waals surface area contributed by atoms with Gasteiger partial charge in [0.2, 0.25) is 5.91 Å². The molecule has 1 aliphatic carbocycles. The molecule has 2 aromatic rings. The number of hydrogen-bond donors (Lipinski definition) is 2. The fourth-order valence-corrected chi connectivity index (χ4v) is 4.80. The number of anilines is 1. The number of urea groups is 1. The van der Waals surface area contributed by atoms with Crippen LogP contribution in [0.3, 0.4) is 0 Å². The molecule has 6 nitrogen and oxygen atoms in total. The SMILES string of the molecule is O=C(CN1C(=O)N[C@]2(CCc3ccccc32)C1=O)Nc1ccc(Br)cc1Br. The molecule has 2 N–H and O–H groups in total. The molecule has 2 aliphatic rings. The summed E-state index contributed by atoms with van der Waals surface area (Å²) in [5.41, 5.74) is 1.39. The highest BCUT2D eigenvalue weighted by Crippen LogP contribution is 2.41. The van der Waals surface area contributed by atoms with E-state index in [0.717, 1.165) is 20.5 Å². The second-order valence-electron chi connectivity index (χ2n) is 6.56. The Morgan fingerprint density at radius 3 is 2.74 bits per heavy atom. The maximum atomic E-state index is 13.0. The molecule has 2 aromatic carbocycles. The van der Waals surface area contributed by atoms with E-state index in [1.54, 1.807) is 18.2 Å². The maximum absolute atomic E-state index is 13.0. The van der Waals surface area contributed by atoms with E-state index in [1.165, 1.54) is 0 Å². The smallest absolute Gasteiger partial charge is 0.323 e. The van der Waals surface area contributed by atoms with Gasteiger partial charge in [0, 0.05) is 8.95 Å². The molecule has 1 saturated heterocycles. The third-order valence-corrected chi connectivity index (χ3v) is 6.08. The Bertz CT molecular complexity index is 978. The molecular formula is C19H15Br2N3O3. The summed E-state index contributed by atoms with van der Waals surface area (Å²) >= 11 is 6.72. The van der Waals surface area contributed by atoms with Crippen LogP contribution in [0.15, 0.2) is 51.4 Å². The Morgan fingerprint density at radius 1 is 1.19 bits per heavy atom. The van der Waals surface area contributed by atoms with E-state index in [1.807, 2.05) is 24.3 Å². The van der Waals surface area contributed by atoms with Gasteiger partial charge in [-0.15, -0.1) is 0 Å². The minimum absolute atomic E-state index is 0.336. The molecule has 1 atom stereocenters. The van der Waals surface area contributed by atoms with Gasteiger partial charge in [0.1, 0.15) is 12.1 Å². The highest BCUT2D eigenvalue weighted by Gasteiger charge is 2.55. The molecule has 8 heteroatoms. The second kappa shape index (κ2) is 6.76. The maximum Gasteiger partial charge on any atom is 0.325 e. The molecule has 1 spiro atoms. The summed E-state index contributed by atoms with van der Waals surface area (Å²) in [7, 11) is 0. The number of halogens is 2. The minimum atomic E-state index is -1.05. The number of amides is 4. The predicted molar refractivity (Wildman–Crippen MR) is 107 cm³/mol. The molecule has 1 heterocycles. The Hall–Kier alpha value is -2.19. The van der Waals surface area contributed by atoms with Crippen LogP contribution in [-0.2, 0) is 21.5 Å². The third-order valence-electron chi connectivity index (χ3n) is 4.93. The van der Waals surface area contributed by atoms with Gasteiger partial charge in [-0.2, -0.15) is 0 Å². The lowest BCUT2D eigenvalue weighted by Crippen LogP contribution is -2.43. The van der Waals surface area contributed by atoms with Crippen molar-refractivity contribution in [3.63, 3.8) is 0 Å². The first kappa shape index (κ1) is 18.2. The zero-order chi connectivity index (χ0) is 19.2. The summed E-state index contributed by atoms with van der Waals surface area (Å²) in [6, 6.07) is 12.4. The van der Waals surface area contributed by atoms with Crippen molar-refractivity contribution in [2.75, 3.05) is 11.9 Å². The van der Waals surface area contributed by atoms with Crippen LogP contribution in [0.25, 0.3) is 0 Å². The molecule has 4 amide bonds. The van der Waals surface area contributed by atoms with E-state index in [0.29, 0.717) is 23.0 Å². The van der Waals surface area contributed by atoms with Gasteiger partial charge >= 0.3 is 6.03 Å². The average Bonchev–Trinajstić information content (AvgIpc) is 3.11. The van der Waals surface area contributed by atoms with E-state index in [-0.39, 0.29) is 12.5 Å². The Balaban J connectivity index is 1.53. The fraction of sp³-hybridized carbons (Fsp3) is 0.211. The van der Waals surface area contributed by atoms with Crippen molar-refractivity contribution in [1.82, 2.24) is 10.2 Å². The summed E-state index contributed by atoms with van der Waals surface area (Å²) in [6.45, 7) is -0.336. The van der Waals surface area contributed by atoms with Crippen LogP contribution in [0.2, 0.25) is 0 Å². The third kappa shape index (κ3) is 3.06.